The van der Waals surface area contributed by atoms with Gasteiger partial charge in [0.15, 0.2) is 6.10 Å². The Hall–Kier alpha value is -1.84. The van der Waals surface area contributed by atoms with E-state index in [2.05, 4.69) is 0 Å². The maximum absolute atomic E-state index is 10.6. The topological polar surface area (TPSA) is 63.6 Å². The number of fused-ring (bicyclic) bond motifs is 1. The van der Waals surface area contributed by atoms with Crippen LogP contribution in [0.3, 0.4) is 0 Å². The fourth-order valence-electron chi connectivity index (χ4n) is 1.48. The quantitative estimate of drug-likeness (QED) is 0.706. The summed E-state index contributed by atoms with van der Waals surface area (Å²) in [5, 5.41) is 8.72. The number of hydrogen-bond donors (Lipinski definition) is 1. The average molecular weight is 192 g/mol. The lowest BCUT2D eigenvalue weighted by atomic mass is 10.1. The highest BCUT2D eigenvalue weighted by Gasteiger charge is 2.28. The van der Waals surface area contributed by atoms with Crippen molar-refractivity contribution in [3.05, 3.63) is 29.3 Å². The second-order valence-corrected chi connectivity index (χ2v) is 3.13. The number of carboxylic acid groups (broad SMARTS) is 1. The van der Waals surface area contributed by atoms with Gasteiger partial charge in [0.25, 0.3) is 0 Å². The summed E-state index contributed by atoms with van der Waals surface area (Å²) in [4.78, 5) is 21.1. The van der Waals surface area contributed by atoms with Crippen molar-refractivity contribution >= 4 is 12.3 Å². The predicted octanol–water partition coefficient (Wildman–Crippen LogP) is 0.887. The summed E-state index contributed by atoms with van der Waals surface area (Å²) in [7, 11) is 0. The zero-order chi connectivity index (χ0) is 10.1. The Morgan fingerprint density at radius 1 is 1.57 bits per heavy atom. The lowest BCUT2D eigenvalue weighted by molar-refractivity contribution is -0.144. The summed E-state index contributed by atoms with van der Waals surface area (Å²) in [6.45, 7) is 0. The van der Waals surface area contributed by atoms with E-state index in [-0.39, 0.29) is 0 Å². The molecule has 0 spiro atoms. The maximum Gasteiger partial charge on any atom is 0.345 e. The number of rotatable bonds is 2. The normalized spacial score (nSPS) is 18.4. The van der Waals surface area contributed by atoms with Crippen molar-refractivity contribution in [2.75, 3.05) is 0 Å². The molecule has 0 amide bonds. The number of hydrogen-bond acceptors (Lipinski definition) is 3. The van der Waals surface area contributed by atoms with Gasteiger partial charge in [0.05, 0.1) is 0 Å². The third-order valence-corrected chi connectivity index (χ3v) is 2.17. The summed E-state index contributed by atoms with van der Waals surface area (Å²) < 4.78 is 5.15. The van der Waals surface area contributed by atoms with Gasteiger partial charge in [-0.25, -0.2) is 4.79 Å². The van der Waals surface area contributed by atoms with Gasteiger partial charge in [-0.05, 0) is 23.8 Å². The van der Waals surface area contributed by atoms with Crippen molar-refractivity contribution in [1.82, 2.24) is 0 Å². The number of carbonyl (C=O) groups is 2. The SMILES string of the molecule is O=Cc1ccc2c(c1)C[C@@H](C(=O)O)O2. The number of aldehydes is 1. The van der Waals surface area contributed by atoms with Gasteiger partial charge in [-0.3, -0.25) is 4.79 Å². The van der Waals surface area contributed by atoms with Gasteiger partial charge >= 0.3 is 5.97 Å². The van der Waals surface area contributed by atoms with Crippen molar-refractivity contribution in [2.45, 2.75) is 12.5 Å². The van der Waals surface area contributed by atoms with Gasteiger partial charge in [0.1, 0.15) is 12.0 Å². The first-order valence-electron chi connectivity index (χ1n) is 4.18. The molecule has 2 rings (SSSR count). The minimum atomic E-state index is -0.978. The molecule has 0 saturated heterocycles. The average Bonchev–Trinajstić information content (AvgIpc) is 2.59. The van der Waals surface area contributed by atoms with Crippen molar-refractivity contribution in [2.24, 2.45) is 0 Å². The van der Waals surface area contributed by atoms with E-state index in [0.29, 0.717) is 17.7 Å². The van der Waals surface area contributed by atoms with Gasteiger partial charge in [-0.2, -0.15) is 0 Å². The van der Waals surface area contributed by atoms with E-state index in [1.807, 2.05) is 0 Å². The Morgan fingerprint density at radius 2 is 2.36 bits per heavy atom. The molecule has 4 heteroatoms. The van der Waals surface area contributed by atoms with Crippen molar-refractivity contribution in [1.29, 1.82) is 0 Å². The molecule has 1 aromatic rings. The van der Waals surface area contributed by atoms with Gasteiger partial charge in [-0.1, -0.05) is 0 Å². The molecule has 1 aliphatic heterocycles. The van der Waals surface area contributed by atoms with Crippen LogP contribution in [-0.4, -0.2) is 23.5 Å². The third kappa shape index (κ3) is 1.35. The number of benzene rings is 1. The molecule has 0 bridgehead atoms. The zero-order valence-corrected chi connectivity index (χ0v) is 7.27. The fourth-order valence-corrected chi connectivity index (χ4v) is 1.48. The third-order valence-electron chi connectivity index (χ3n) is 2.17. The van der Waals surface area contributed by atoms with Gasteiger partial charge in [0.2, 0.25) is 0 Å². The molecule has 1 aromatic carbocycles. The highest BCUT2D eigenvalue weighted by atomic mass is 16.5. The molecule has 0 radical (unpaired) electrons. The van der Waals surface area contributed by atoms with E-state index in [1.165, 1.54) is 0 Å². The van der Waals surface area contributed by atoms with Crippen molar-refractivity contribution < 1.29 is 19.4 Å². The Balaban J connectivity index is 2.31. The molecule has 14 heavy (non-hydrogen) atoms. The van der Waals surface area contributed by atoms with Crippen LogP contribution in [0, 0.1) is 0 Å². The Labute approximate surface area is 80.1 Å². The lowest BCUT2D eigenvalue weighted by Crippen LogP contribution is -2.24. The standard InChI is InChI=1S/C10H8O4/c11-5-6-1-2-8-7(3-6)4-9(14-8)10(12)13/h1-3,5,9H,4H2,(H,12,13)/t9-/m0/s1. The molecular formula is C10H8O4. The van der Waals surface area contributed by atoms with Crippen molar-refractivity contribution in [3.63, 3.8) is 0 Å². The first-order valence-corrected chi connectivity index (χ1v) is 4.18. The van der Waals surface area contributed by atoms with Crippen LogP contribution in [0.5, 0.6) is 5.75 Å². The fraction of sp³-hybridized carbons (Fsp3) is 0.200. The van der Waals surface area contributed by atoms with Crippen LogP contribution in [0.1, 0.15) is 15.9 Å². The summed E-state index contributed by atoms with van der Waals surface area (Å²) in [6, 6.07) is 4.89. The molecule has 1 aliphatic rings. The molecule has 0 fully saturated rings. The highest BCUT2D eigenvalue weighted by molar-refractivity contribution is 5.78. The highest BCUT2D eigenvalue weighted by Crippen LogP contribution is 2.29. The molecule has 1 N–H and O–H groups in total. The number of ether oxygens (including phenoxy) is 1. The van der Waals surface area contributed by atoms with Crippen molar-refractivity contribution in [3.8, 4) is 5.75 Å². The summed E-state index contributed by atoms with van der Waals surface area (Å²) in [5.74, 6) is -0.420. The molecule has 1 heterocycles. The van der Waals surface area contributed by atoms with E-state index < -0.39 is 12.1 Å². The van der Waals surface area contributed by atoms with Gasteiger partial charge in [0, 0.05) is 12.0 Å². The predicted molar refractivity (Wildman–Crippen MR) is 47.6 cm³/mol. The van der Waals surface area contributed by atoms with E-state index >= 15 is 0 Å². The molecule has 0 aromatic heterocycles. The number of carbonyl (C=O) groups excluding carboxylic acids is 1. The van der Waals surface area contributed by atoms with Crippen LogP contribution in [0.2, 0.25) is 0 Å². The van der Waals surface area contributed by atoms with Crippen LogP contribution >= 0.6 is 0 Å². The van der Waals surface area contributed by atoms with Crippen LogP contribution < -0.4 is 4.74 Å². The van der Waals surface area contributed by atoms with E-state index in [1.54, 1.807) is 18.2 Å². The second kappa shape index (κ2) is 3.14. The molecule has 0 aliphatic carbocycles. The maximum atomic E-state index is 10.6. The monoisotopic (exact) mass is 192 g/mol. The molecule has 0 unspecified atom stereocenters. The van der Waals surface area contributed by atoms with Crippen LogP contribution in [0.25, 0.3) is 0 Å². The number of aliphatic carboxylic acids is 1. The largest absolute Gasteiger partial charge is 0.478 e. The van der Waals surface area contributed by atoms with Crippen LogP contribution in [0.15, 0.2) is 18.2 Å². The molecule has 4 nitrogen and oxygen atoms in total. The summed E-state index contributed by atoms with van der Waals surface area (Å²) in [5.41, 5.74) is 1.32. The summed E-state index contributed by atoms with van der Waals surface area (Å²) in [6.07, 6.45) is 0.243. The lowest BCUT2D eigenvalue weighted by Gasteiger charge is -2.02. The van der Waals surface area contributed by atoms with Gasteiger partial charge in [-0.15, -0.1) is 0 Å². The minimum Gasteiger partial charge on any atom is -0.478 e. The van der Waals surface area contributed by atoms with Gasteiger partial charge < -0.3 is 9.84 Å². The molecule has 1 atom stereocenters. The Morgan fingerprint density at radius 3 is 3.00 bits per heavy atom. The first kappa shape index (κ1) is 8.74. The molecule has 0 saturated carbocycles. The Bertz CT molecular complexity index is 397. The zero-order valence-electron chi connectivity index (χ0n) is 7.27. The molecular weight excluding hydrogens is 184 g/mol. The molecule has 72 valence electrons. The Kier molecular flexibility index (Phi) is 1.96. The van der Waals surface area contributed by atoms with Crippen LogP contribution in [0.4, 0.5) is 0 Å². The first-order chi connectivity index (χ1) is 6.70. The van der Waals surface area contributed by atoms with E-state index in [0.717, 1.165) is 11.8 Å². The number of carboxylic acids is 1. The van der Waals surface area contributed by atoms with E-state index in [4.69, 9.17) is 9.84 Å². The summed E-state index contributed by atoms with van der Waals surface area (Å²) >= 11 is 0. The van der Waals surface area contributed by atoms with E-state index in [9.17, 15) is 9.59 Å². The minimum absolute atomic E-state index is 0.326. The smallest absolute Gasteiger partial charge is 0.345 e. The second-order valence-electron chi connectivity index (χ2n) is 3.13. The van der Waals surface area contributed by atoms with Crippen LogP contribution in [-0.2, 0) is 11.2 Å².